The molecule has 8 aromatic carbocycles. The molecule has 1 aliphatic carbocycles. The summed E-state index contributed by atoms with van der Waals surface area (Å²) in [7, 11) is 0. The second kappa shape index (κ2) is 12.9. The molecule has 0 bridgehead atoms. The third kappa shape index (κ3) is 5.22. The second-order valence-electron chi connectivity index (χ2n) is 13.7. The average Bonchev–Trinajstić information content (AvgIpc) is 3.79. The molecule has 0 unspecified atom stereocenters. The van der Waals surface area contributed by atoms with Crippen LogP contribution in [0.2, 0.25) is 0 Å². The summed E-state index contributed by atoms with van der Waals surface area (Å²) in [4.78, 5) is 2.42. The van der Waals surface area contributed by atoms with Crippen molar-refractivity contribution < 1.29 is 0 Å². The number of rotatable bonds is 7. The lowest BCUT2D eigenvalue weighted by molar-refractivity contribution is 0.768. The van der Waals surface area contributed by atoms with E-state index in [4.69, 9.17) is 0 Å². The molecule has 53 heavy (non-hydrogen) atoms. The topological polar surface area (TPSA) is 3.24 Å². The molecule has 0 saturated heterocycles. The van der Waals surface area contributed by atoms with Gasteiger partial charge in [-0.05, 0) is 110 Å². The van der Waals surface area contributed by atoms with Crippen LogP contribution >= 0.6 is 11.3 Å². The molecule has 0 atom stereocenters. The van der Waals surface area contributed by atoms with Gasteiger partial charge in [-0.1, -0.05) is 164 Å². The first-order valence-electron chi connectivity index (χ1n) is 18.2. The quantitative estimate of drug-likeness (QED) is 0.161. The molecule has 0 saturated carbocycles. The number of thiophene rings is 1. The lowest BCUT2D eigenvalue weighted by atomic mass is 9.67. The molecule has 1 aromatic heterocycles. The molecule has 9 aromatic rings. The largest absolute Gasteiger partial charge is 0.302 e. The van der Waals surface area contributed by atoms with Gasteiger partial charge in [-0.25, -0.2) is 0 Å². The smallest absolute Gasteiger partial charge is 0.101 e. The Morgan fingerprint density at radius 1 is 0.358 bits per heavy atom. The molecule has 1 nitrogen and oxygen atoms in total. The highest BCUT2D eigenvalue weighted by molar-refractivity contribution is 7.23. The van der Waals surface area contributed by atoms with E-state index in [0.29, 0.717) is 0 Å². The van der Waals surface area contributed by atoms with Gasteiger partial charge in [-0.3, -0.25) is 0 Å². The van der Waals surface area contributed by atoms with Crippen molar-refractivity contribution in [1.29, 1.82) is 0 Å². The van der Waals surface area contributed by atoms with Gasteiger partial charge in [0.2, 0.25) is 0 Å². The van der Waals surface area contributed by atoms with Crippen molar-refractivity contribution in [3.8, 4) is 33.4 Å². The Bertz CT molecular complexity index is 2640. The second-order valence-corrected chi connectivity index (χ2v) is 14.8. The summed E-state index contributed by atoms with van der Waals surface area (Å²) in [6.07, 6.45) is 0. The maximum absolute atomic E-state index is 2.43. The van der Waals surface area contributed by atoms with Crippen molar-refractivity contribution in [1.82, 2.24) is 0 Å². The van der Waals surface area contributed by atoms with Gasteiger partial charge in [0.1, 0.15) is 5.00 Å². The summed E-state index contributed by atoms with van der Waals surface area (Å²) >= 11 is 1.83. The van der Waals surface area contributed by atoms with Crippen LogP contribution in [0.15, 0.2) is 212 Å². The van der Waals surface area contributed by atoms with Crippen LogP contribution in [0.5, 0.6) is 0 Å². The van der Waals surface area contributed by atoms with E-state index in [1.807, 2.05) is 11.3 Å². The standard InChI is InChI=1S/C51H35NS/c1-5-17-36(18-6-1)39-31-40(33-44(32-39)52(43-24-11-4-12-25-43)50-35-38-19-13-16-28-49(38)53-50)37-29-30-48-46(34-37)45-26-14-15-27-47(45)51(48,41-20-7-2-8-21-41)42-22-9-3-10-23-42/h1-35H. The molecule has 1 heterocycles. The van der Waals surface area contributed by atoms with Gasteiger partial charge >= 0.3 is 0 Å². The van der Waals surface area contributed by atoms with Gasteiger partial charge in [0, 0.05) is 16.1 Å². The predicted molar refractivity (Wildman–Crippen MR) is 225 cm³/mol. The zero-order chi connectivity index (χ0) is 35.2. The highest BCUT2D eigenvalue weighted by atomic mass is 32.1. The lowest BCUT2D eigenvalue weighted by Gasteiger charge is -2.33. The minimum absolute atomic E-state index is 0.421. The van der Waals surface area contributed by atoms with Gasteiger partial charge in [0.15, 0.2) is 0 Å². The fraction of sp³-hybridized carbons (Fsp3) is 0.0196. The first kappa shape index (κ1) is 31.3. The van der Waals surface area contributed by atoms with E-state index < -0.39 is 5.41 Å². The fourth-order valence-electron chi connectivity index (χ4n) is 8.39. The maximum Gasteiger partial charge on any atom is 0.101 e. The Kier molecular flexibility index (Phi) is 7.63. The van der Waals surface area contributed by atoms with E-state index in [0.717, 1.165) is 11.4 Å². The van der Waals surface area contributed by atoms with E-state index in [-0.39, 0.29) is 0 Å². The number of nitrogens with zero attached hydrogens (tertiary/aromatic N) is 1. The van der Waals surface area contributed by atoms with E-state index >= 15 is 0 Å². The van der Waals surface area contributed by atoms with Gasteiger partial charge in [-0.2, -0.15) is 0 Å². The lowest BCUT2D eigenvalue weighted by Crippen LogP contribution is -2.28. The van der Waals surface area contributed by atoms with Gasteiger partial charge in [-0.15, -0.1) is 11.3 Å². The first-order valence-corrected chi connectivity index (χ1v) is 19.0. The minimum Gasteiger partial charge on any atom is -0.302 e. The van der Waals surface area contributed by atoms with E-state index in [9.17, 15) is 0 Å². The summed E-state index contributed by atoms with van der Waals surface area (Å²) in [5.74, 6) is 0. The van der Waals surface area contributed by atoms with Crippen LogP contribution in [0, 0.1) is 0 Å². The van der Waals surface area contributed by atoms with E-state index in [2.05, 4.69) is 217 Å². The van der Waals surface area contributed by atoms with Gasteiger partial charge < -0.3 is 4.90 Å². The minimum atomic E-state index is -0.421. The maximum atomic E-state index is 2.43. The number of fused-ring (bicyclic) bond motifs is 4. The van der Waals surface area contributed by atoms with E-state index in [1.54, 1.807) is 0 Å². The Balaban J connectivity index is 1.21. The summed E-state index contributed by atoms with van der Waals surface area (Å²) in [5, 5.41) is 2.44. The van der Waals surface area contributed by atoms with Crippen LogP contribution in [0.3, 0.4) is 0 Å². The molecule has 2 heteroatoms. The van der Waals surface area contributed by atoms with Gasteiger partial charge in [0.25, 0.3) is 0 Å². The van der Waals surface area contributed by atoms with E-state index in [1.165, 1.54) is 70.7 Å². The number of hydrogen-bond acceptors (Lipinski definition) is 2. The molecular weight excluding hydrogens is 659 g/mol. The molecule has 0 amide bonds. The zero-order valence-electron chi connectivity index (χ0n) is 29.1. The molecule has 1 aliphatic rings. The van der Waals surface area contributed by atoms with Crippen LogP contribution in [0.1, 0.15) is 22.3 Å². The molecule has 250 valence electrons. The van der Waals surface area contributed by atoms with Crippen molar-refractivity contribution in [2.75, 3.05) is 4.90 Å². The normalized spacial score (nSPS) is 12.7. The molecule has 0 N–H and O–H groups in total. The summed E-state index contributed by atoms with van der Waals surface area (Å²) in [6, 6.07) is 77.8. The molecule has 0 radical (unpaired) electrons. The molecule has 0 aliphatic heterocycles. The third-order valence-electron chi connectivity index (χ3n) is 10.7. The van der Waals surface area contributed by atoms with Crippen LogP contribution in [-0.4, -0.2) is 0 Å². The Labute approximate surface area is 314 Å². The predicted octanol–water partition coefficient (Wildman–Crippen LogP) is 14.1. The van der Waals surface area contributed by atoms with Crippen LogP contribution < -0.4 is 4.90 Å². The Morgan fingerprint density at radius 3 is 1.62 bits per heavy atom. The monoisotopic (exact) mass is 693 g/mol. The molecular formula is C51H35NS. The number of anilines is 3. The highest BCUT2D eigenvalue weighted by Gasteiger charge is 2.45. The van der Waals surface area contributed by atoms with Crippen LogP contribution in [-0.2, 0) is 5.41 Å². The zero-order valence-corrected chi connectivity index (χ0v) is 29.9. The van der Waals surface area contributed by atoms with Crippen molar-refractivity contribution in [3.63, 3.8) is 0 Å². The third-order valence-corrected chi connectivity index (χ3v) is 11.8. The Morgan fingerprint density at radius 2 is 0.925 bits per heavy atom. The van der Waals surface area contributed by atoms with Crippen molar-refractivity contribution in [2.24, 2.45) is 0 Å². The van der Waals surface area contributed by atoms with Crippen molar-refractivity contribution >= 4 is 37.8 Å². The van der Waals surface area contributed by atoms with Crippen LogP contribution in [0.4, 0.5) is 16.4 Å². The number of para-hydroxylation sites is 1. The summed E-state index contributed by atoms with van der Waals surface area (Å²) in [6.45, 7) is 0. The first-order chi connectivity index (χ1) is 26.3. The SMILES string of the molecule is c1ccc(-c2cc(-c3ccc4c(c3)-c3ccccc3C4(c3ccccc3)c3ccccc3)cc(N(c3ccccc3)c3cc4ccccc4s3)c2)cc1. The van der Waals surface area contributed by atoms with Crippen molar-refractivity contribution in [2.45, 2.75) is 5.41 Å². The molecule has 0 fully saturated rings. The Hall–Kier alpha value is -6.48. The summed E-state index contributed by atoms with van der Waals surface area (Å²) < 4.78 is 1.28. The highest BCUT2D eigenvalue weighted by Crippen LogP contribution is 2.57. The fourth-order valence-corrected chi connectivity index (χ4v) is 9.50. The average molecular weight is 694 g/mol. The molecule has 0 spiro atoms. The number of hydrogen-bond donors (Lipinski definition) is 0. The summed E-state index contributed by atoms with van der Waals surface area (Å²) in [5.41, 5.74) is 14.3. The van der Waals surface area contributed by atoms with Crippen LogP contribution in [0.25, 0.3) is 43.5 Å². The van der Waals surface area contributed by atoms with Crippen molar-refractivity contribution in [3.05, 3.63) is 235 Å². The number of benzene rings is 8. The van der Waals surface area contributed by atoms with Gasteiger partial charge in [0.05, 0.1) is 5.41 Å². The molecule has 10 rings (SSSR count).